The van der Waals surface area contributed by atoms with Crippen LogP contribution in [0.4, 0.5) is 14.5 Å². The molecule has 1 unspecified atom stereocenters. The molecule has 0 radical (unpaired) electrons. The fraction of sp³-hybridized carbons (Fsp3) is 0.267. The Labute approximate surface area is 154 Å². The number of benzene rings is 1. The molecular formula is C15H13ClF2N4O3S. The molecule has 0 bridgehead atoms. The maximum atomic E-state index is 12.5. The first-order valence-electron chi connectivity index (χ1n) is 7.46. The van der Waals surface area contributed by atoms with Crippen LogP contribution in [0.5, 0.6) is 0 Å². The van der Waals surface area contributed by atoms with Gasteiger partial charge in [-0.05, 0) is 18.2 Å². The first kappa shape index (κ1) is 18.5. The van der Waals surface area contributed by atoms with E-state index in [1.165, 1.54) is 6.20 Å². The third-order valence-electron chi connectivity index (χ3n) is 3.26. The highest BCUT2D eigenvalue weighted by Gasteiger charge is 2.21. The first-order valence-corrected chi connectivity index (χ1v) is 9.11. The van der Waals surface area contributed by atoms with E-state index in [-0.39, 0.29) is 24.1 Å². The highest BCUT2D eigenvalue weighted by atomic mass is 35.5. The molecule has 0 amide bonds. The van der Waals surface area contributed by atoms with Crippen molar-refractivity contribution in [2.45, 2.75) is 19.9 Å². The first-order chi connectivity index (χ1) is 12.5. The van der Waals surface area contributed by atoms with E-state index in [1.54, 1.807) is 35.5 Å². The Kier molecular flexibility index (Phi) is 5.62. The molecule has 0 saturated carbocycles. The predicted molar refractivity (Wildman–Crippen MR) is 91.1 cm³/mol. The van der Waals surface area contributed by atoms with Gasteiger partial charge in [0.15, 0.2) is 0 Å². The van der Waals surface area contributed by atoms with Crippen molar-refractivity contribution >= 4 is 28.3 Å². The number of oxazole rings is 1. The van der Waals surface area contributed by atoms with Gasteiger partial charge in [-0.15, -0.1) is 10.2 Å². The van der Waals surface area contributed by atoms with Crippen LogP contribution in [0.25, 0.3) is 11.7 Å². The standard InChI is InChI=1S/C15H13ClF2N4O3S/c1-2-26(23)22(10-5-3-4-9(16)6-10)8-12-19-7-11(24-12)14-20-21-15(25-14)13(17)18/h3-7,13H,2,8H2,1H3. The number of rotatable bonds is 7. The van der Waals surface area contributed by atoms with Crippen molar-refractivity contribution < 1.29 is 21.8 Å². The smallest absolute Gasteiger partial charge is 0.314 e. The van der Waals surface area contributed by atoms with Crippen molar-refractivity contribution in [1.29, 1.82) is 0 Å². The summed E-state index contributed by atoms with van der Waals surface area (Å²) >= 11 is 6.00. The Morgan fingerprint density at radius 3 is 2.77 bits per heavy atom. The van der Waals surface area contributed by atoms with Crippen LogP contribution in [-0.4, -0.2) is 25.1 Å². The van der Waals surface area contributed by atoms with Crippen molar-refractivity contribution in [1.82, 2.24) is 15.2 Å². The number of halogens is 3. The van der Waals surface area contributed by atoms with Gasteiger partial charge in [0.25, 0.3) is 11.8 Å². The monoisotopic (exact) mass is 402 g/mol. The molecule has 0 aliphatic carbocycles. The maximum absolute atomic E-state index is 12.5. The summed E-state index contributed by atoms with van der Waals surface area (Å²) in [7, 11) is -1.34. The van der Waals surface area contributed by atoms with E-state index in [4.69, 9.17) is 20.4 Å². The van der Waals surface area contributed by atoms with E-state index < -0.39 is 23.3 Å². The summed E-state index contributed by atoms with van der Waals surface area (Å²) in [5.41, 5.74) is 0.634. The quantitative estimate of drug-likeness (QED) is 0.593. The topological polar surface area (TPSA) is 85.3 Å². The van der Waals surface area contributed by atoms with Gasteiger partial charge in [0.05, 0.1) is 11.9 Å². The van der Waals surface area contributed by atoms with Gasteiger partial charge < -0.3 is 8.83 Å². The van der Waals surface area contributed by atoms with E-state index in [9.17, 15) is 13.0 Å². The molecule has 1 atom stereocenters. The minimum absolute atomic E-state index is 0.0488. The van der Waals surface area contributed by atoms with Gasteiger partial charge in [-0.1, -0.05) is 24.6 Å². The van der Waals surface area contributed by atoms with Crippen LogP contribution in [-0.2, 0) is 17.5 Å². The van der Waals surface area contributed by atoms with Gasteiger partial charge >= 0.3 is 6.43 Å². The molecule has 3 rings (SSSR count). The molecule has 2 heterocycles. The van der Waals surface area contributed by atoms with Gasteiger partial charge in [0, 0.05) is 10.8 Å². The highest BCUT2D eigenvalue weighted by molar-refractivity contribution is 7.86. The van der Waals surface area contributed by atoms with E-state index >= 15 is 0 Å². The third kappa shape index (κ3) is 4.07. The largest absolute Gasteiger partial charge is 0.434 e. The SMILES string of the molecule is CCS(=O)N(Cc1ncc(-c2nnc(C(F)F)o2)o1)c1cccc(Cl)c1. The Morgan fingerprint density at radius 1 is 1.31 bits per heavy atom. The molecule has 0 aliphatic heterocycles. The molecule has 0 spiro atoms. The summed E-state index contributed by atoms with van der Waals surface area (Å²) in [5, 5.41) is 7.23. The lowest BCUT2D eigenvalue weighted by Crippen LogP contribution is -2.26. The minimum atomic E-state index is -2.87. The molecule has 0 N–H and O–H groups in total. The molecule has 26 heavy (non-hydrogen) atoms. The lowest BCUT2D eigenvalue weighted by molar-refractivity contribution is 0.115. The molecule has 0 aliphatic rings. The summed E-state index contributed by atoms with van der Waals surface area (Å²) < 4.78 is 49.3. The second-order valence-corrected chi connectivity index (χ2v) is 7.09. The third-order valence-corrected chi connectivity index (χ3v) is 4.82. The number of aromatic nitrogens is 3. The van der Waals surface area contributed by atoms with Gasteiger partial charge in [-0.3, -0.25) is 4.31 Å². The van der Waals surface area contributed by atoms with Crippen molar-refractivity contribution in [2.24, 2.45) is 0 Å². The van der Waals surface area contributed by atoms with E-state index in [0.717, 1.165) is 0 Å². The van der Waals surface area contributed by atoms with Gasteiger partial charge in [-0.2, -0.15) is 8.78 Å². The van der Waals surface area contributed by atoms with Gasteiger partial charge in [0.1, 0.15) is 17.5 Å². The van der Waals surface area contributed by atoms with Crippen molar-refractivity contribution in [3.05, 3.63) is 47.3 Å². The molecule has 2 aromatic heterocycles. The fourth-order valence-corrected chi connectivity index (χ4v) is 3.19. The number of hydrogen-bond acceptors (Lipinski definition) is 6. The Balaban J connectivity index is 1.83. The van der Waals surface area contributed by atoms with Gasteiger partial charge in [-0.25, -0.2) is 9.19 Å². The predicted octanol–water partition coefficient (Wildman–Crippen LogP) is 4.01. The molecule has 11 heteroatoms. The lowest BCUT2D eigenvalue weighted by atomic mass is 10.3. The van der Waals surface area contributed by atoms with Gasteiger partial charge in [0.2, 0.25) is 11.7 Å². The summed E-state index contributed by atoms with van der Waals surface area (Å²) in [6.07, 6.45) is -1.59. The van der Waals surface area contributed by atoms with Crippen LogP contribution in [0.15, 0.2) is 39.3 Å². The number of alkyl halides is 2. The van der Waals surface area contributed by atoms with Crippen LogP contribution in [0.3, 0.4) is 0 Å². The molecule has 1 aromatic carbocycles. The molecule has 0 fully saturated rings. The normalized spacial score (nSPS) is 12.5. The molecule has 138 valence electrons. The number of nitrogens with zero attached hydrogens (tertiary/aromatic N) is 4. The summed E-state index contributed by atoms with van der Waals surface area (Å²) in [6.45, 7) is 1.86. The van der Waals surface area contributed by atoms with E-state index in [1.807, 2.05) is 0 Å². The van der Waals surface area contributed by atoms with Crippen LogP contribution >= 0.6 is 11.6 Å². The number of hydrogen-bond donors (Lipinski definition) is 0. The Bertz CT molecular complexity index is 918. The molecule has 7 nitrogen and oxygen atoms in total. The maximum Gasteiger partial charge on any atom is 0.314 e. The zero-order valence-electron chi connectivity index (χ0n) is 13.4. The molecule has 3 aromatic rings. The van der Waals surface area contributed by atoms with Crippen molar-refractivity contribution in [3.8, 4) is 11.7 Å². The number of anilines is 1. The van der Waals surface area contributed by atoms with E-state index in [2.05, 4.69) is 15.2 Å². The fourth-order valence-electron chi connectivity index (χ4n) is 2.10. The second kappa shape index (κ2) is 7.92. The average Bonchev–Trinajstić information content (AvgIpc) is 3.28. The zero-order chi connectivity index (χ0) is 18.7. The zero-order valence-corrected chi connectivity index (χ0v) is 15.0. The van der Waals surface area contributed by atoms with E-state index in [0.29, 0.717) is 16.5 Å². The summed E-state index contributed by atoms with van der Waals surface area (Å²) in [5.74, 6) is -0.372. The Hall–Kier alpha value is -2.33. The second-order valence-electron chi connectivity index (χ2n) is 4.99. The highest BCUT2D eigenvalue weighted by Crippen LogP contribution is 2.26. The van der Waals surface area contributed by atoms with Crippen molar-refractivity contribution in [2.75, 3.05) is 10.1 Å². The average molecular weight is 403 g/mol. The molecule has 0 saturated heterocycles. The van der Waals surface area contributed by atoms with Crippen LogP contribution in [0.1, 0.15) is 25.1 Å². The summed E-state index contributed by atoms with van der Waals surface area (Å²) in [4.78, 5) is 4.06. The molecular weight excluding hydrogens is 390 g/mol. The lowest BCUT2D eigenvalue weighted by Gasteiger charge is -2.21. The minimum Gasteiger partial charge on any atom is -0.434 e. The van der Waals surface area contributed by atoms with Crippen LogP contribution < -0.4 is 4.31 Å². The Morgan fingerprint density at radius 2 is 2.12 bits per heavy atom. The van der Waals surface area contributed by atoms with Crippen molar-refractivity contribution in [3.63, 3.8) is 0 Å². The summed E-state index contributed by atoms with van der Waals surface area (Å²) in [6, 6.07) is 6.88. The van der Waals surface area contributed by atoms with Crippen LogP contribution in [0, 0.1) is 0 Å². The van der Waals surface area contributed by atoms with Crippen LogP contribution in [0.2, 0.25) is 5.02 Å².